The lowest BCUT2D eigenvalue weighted by Gasteiger charge is -2.24. The number of amides is 1. The first kappa shape index (κ1) is 23.8. The van der Waals surface area contributed by atoms with E-state index in [1.807, 2.05) is 4.90 Å². The summed E-state index contributed by atoms with van der Waals surface area (Å²) in [6.45, 7) is 14.1. The molecule has 0 bridgehead atoms. The average molecular weight is 456 g/mol. The molecule has 1 heterocycles. The zero-order valence-electron chi connectivity index (χ0n) is 19.3. The van der Waals surface area contributed by atoms with E-state index in [2.05, 4.69) is 75.9 Å². The van der Waals surface area contributed by atoms with Crippen molar-refractivity contribution in [3.05, 3.63) is 53.1 Å². The number of hydrogen-bond donors (Lipinski definition) is 0. The average Bonchev–Trinajstić information content (AvgIpc) is 3.22. The fourth-order valence-corrected chi connectivity index (χ4v) is 5.49. The van der Waals surface area contributed by atoms with Crippen LogP contribution in [0.15, 0.2) is 41.3 Å². The molecule has 0 fully saturated rings. The van der Waals surface area contributed by atoms with Gasteiger partial charge in [0.15, 0.2) is 5.13 Å². The van der Waals surface area contributed by atoms with Crippen LogP contribution < -0.4 is 4.90 Å². The van der Waals surface area contributed by atoms with Gasteiger partial charge in [-0.05, 0) is 57.1 Å². The Balaban J connectivity index is 1.77. The highest BCUT2D eigenvalue weighted by Crippen LogP contribution is 2.33. The summed E-state index contributed by atoms with van der Waals surface area (Å²) in [6, 6.07) is 12.7. The van der Waals surface area contributed by atoms with Gasteiger partial charge in [-0.3, -0.25) is 9.69 Å². The smallest absolute Gasteiger partial charge is 0.229 e. The predicted molar refractivity (Wildman–Crippen MR) is 136 cm³/mol. The maximum Gasteiger partial charge on any atom is 0.229 e. The molecule has 0 aliphatic rings. The Morgan fingerprint density at radius 3 is 2.29 bits per heavy atom. The van der Waals surface area contributed by atoms with Crippen LogP contribution >= 0.6 is 23.1 Å². The van der Waals surface area contributed by atoms with E-state index in [0.717, 1.165) is 41.6 Å². The molecule has 2 aromatic carbocycles. The van der Waals surface area contributed by atoms with Crippen molar-refractivity contribution in [2.75, 3.05) is 36.8 Å². The summed E-state index contributed by atoms with van der Waals surface area (Å²) in [7, 11) is 0. The molecule has 4 nitrogen and oxygen atoms in total. The molecule has 0 N–H and O–H groups in total. The molecule has 1 amide bonds. The first-order valence-corrected chi connectivity index (χ1v) is 12.8. The number of aromatic nitrogens is 1. The van der Waals surface area contributed by atoms with Gasteiger partial charge in [-0.25, -0.2) is 4.98 Å². The molecule has 3 rings (SSSR count). The maximum atomic E-state index is 13.3. The minimum absolute atomic E-state index is 0.154. The number of likely N-dealkylation sites (N-methyl/N-ethyl adjacent to an activating group) is 1. The Kier molecular flexibility index (Phi) is 8.52. The van der Waals surface area contributed by atoms with Gasteiger partial charge in [0.2, 0.25) is 5.91 Å². The highest BCUT2D eigenvalue weighted by atomic mass is 32.2. The van der Waals surface area contributed by atoms with E-state index >= 15 is 0 Å². The molecule has 0 atom stereocenters. The summed E-state index contributed by atoms with van der Waals surface area (Å²) in [4.78, 5) is 23.7. The van der Waals surface area contributed by atoms with E-state index in [1.54, 1.807) is 23.1 Å². The van der Waals surface area contributed by atoms with Crippen molar-refractivity contribution >= 4 is 44.4 Å². The van der Waals surface area contributed by atoms with Crippen LogP contribution in [0, 0.1) is 20.8 Å². The molecule has 0 aliphatic carbocycles. The Morgan fingerprint density at radius 2 is 1.65 bits per heavy atom. The number of carbonyl (C=O) groups is 1. The molecule has 6 heteroatoms. The molecule has 0 saturated heterocycles. The third-order valence-corrected chi connectivity index (χ3v) is 7.83. The van der Waals surface area contributed by atoms with E-state index < -0.39 is 0 Å². The van der Waals surface area contributed by atoms with Crippen LogP contribution in [0.2, 0.25) is 0 Å². The summed E-state index contributed by atoms with van der Waals surface area (Å²) in [5.41, 5.74) is 4.66. The molecule has 0 saturated carbocycles. The minimum Gasteiger partial charge on any atom is -0.302 e. The van der Waals surface area contributed by atoms with Crippen molar-refractivity contribution in [2.24, 2.45) is 0 Å². The molecule has 0 spiro atoms. The number of benzene rings is 2. The first-order valence-electron chi connectivity index (χ1n) is 11.0. The van der Waals surface area contributed by atoms with Gasteiger partial charge in [-0.15, -0.1) is 11.8 Å². The standard InChI is InChI=1S/C25H33N3OS2/c1-6-27(7-2)15-16-28(22(29)14-17-30-21-12-8-18(3)9-13-21)25-26-23-19(4)10-11-20(5)24(23)31-25/h8-13H,6-7,14-17H2,1-5H3. The topological polar surface area (TPSA) is 36.4 Å². The molecule has 0 aliphatic heterocycles. The Bertz CT molecular complexity index is 971. The summed E-state index contributed by atoms with van der Waals surface area (Å²) in [5, 5.41) is 0.824. The lowest BCUT2D eigenvalue weighted by molar-refractivity contribution is -0.118. The monoisotopic (exact) mass is 455 g/mol. The number of carbonyl (C=O) groups excluding carboxylic acids is 1. The van der Waals surface area contributed by atoms with Gasteiger partial charge in [-0.1, -0.05) is 55.0 Å². The number of nitrogens with zero attached hydrogens (tertiary/aromatic N) is 3. The lowest BCUT2D eigenvalue weighted by atomic mass is 10.1. The molecule has 166 valence electrons. The number of thioether (sulfide) groups is 1. The lowest BCUT2D eigenvalue weighted by Crippen LogP contribution is -2.39. The molecule has 1 aromatic heterocycles. The van der Waals surface area contributed by atoms with Crippen LogP contribution in [0.1, 0.15) is 37.0 Å². The minimum atomic E-state index is 0.154. The summed E-state index contributed by atoms with van der Waals surface area (Å²) < 4.78 is 1.18. The van der Waals surface area contributed by atoms with Gasteiger partial charge in [0.05, 0.1) is 10.2 Å². The third kappa shape index (κ3) is 6.09. The van der Waals surface area contributed by atoms with Gasteiger partial charge >= 0.3 is 0 Å². The van der Waals surface area contributed by atoms with Gasteiger partial charge in [-0.2, -0.15) is 0 Å². The van der Waals surface area contributed by atoms with Crippen LogP contribution in [0.5, 0.6) is 0 Å². The normalized spacial score (nSPS) is 11.4. The number of rotatable bonds is 10. The summed E-state index contributed by atoms with van der Waals surface area (Å²) >= 11 is 3.38. The van der Waals surface area contributed by atoms with E-state index in [9.17, 15) is 4.79 Å². The number of anilines is 1. The van der Waals surface area contributed by atoms with E-state index in [1.165, 1.54) is 20.7 Å². The largest absolute Gasteiger partial charge is 0.302 e. The van der Waals surface area contributed by atoms with Crippen LogP contribution in [0.4, 0.5) is 5.13 Å². The molecular formula is C25H33N3OS2. The fraction of sp³-hybridized carbons (Fsp3) is 0.440. The van der Waals surface area contributed by atoms with Crippen molar-refractivity contribution in [1.82, 2.24) is 9.88 Å². The van der Waals surface area contributed by atoms with E-state index in [-0.39, 0.29) is 5.91 Å². The SMILES string of the molecule is CCN(CC)CCN(C(=O)CCSc1ccc(C)cc1)c1nc2c(C)ccc(C)c2s1. The number of hydrogen-bond acceptors (Lipinski definition) is 5. The summed E-state index contributed by atoms with van der Waals surface area (Å²) in [5.74, 6) is 0.924. The molecule has 3 aromatic rings. The van der Waals surface area contributed by atoms with E-state index in [0.29, 0.717) is 13.0 Å². The molecule has 0 unspecified atom stereocenters. The second-order valence-electron chi connectivity index (χ2n) is 7.86. The Hall–Kier alpha value is -1.89. The zero-order chi connectivity index (χ0) is 22.4. The van der Waals surface area contributed by atoms with Gasteiger partial charge < -0.3 is 4.90 Å². The molecule has 0 radical (unpaired) electrons. The Morgan fingerprint density at radius 1 is 0.968 bits per heavy atom. The number of fused-ring (bicyclic) bond motifs is 1. The van der Waals surface area contributed by atoms with Crippen molar-refractivity contribution in [2.45, 2.75) is 45.9 Å². The second-order valence-corrected chi connectivity index (χ2v) is 10.0. The molecule has 31 heavy (non-hydrogen) atoms. The highest BCUT2D eigenvalue weighted by Gasteiger charge is 2.21. The van der Waals surface area contributed by atoms with Crippen LogP contribution in [-0.2, 0) is 4.79 Å². The number of aryl methyl sites for hydroxylation is 3. The van der Waals surface area contributed by atoms with Crippen molar-refractivity contribution in [3.63, 3.8) is 0 Å². The van der Waals surface area contributed by atoms with Crippen molar-refractivity contribution < 1.29 is 4.79 Å². The maximum absolute atomic E-state index is 13.3. The Labute approximate surface area is 194 Å². The number of thiazole rings is 1. The predicted octanol–water partition coefficient (Wildman–Crippen LogP) is 6.08. The van der Waals surface area contributed by atoms with Crippen LogP contribution in [-0.4, -0.2) is 47.7 Å². The van der Waals surface area contributed by atoms with E-state index in [4.69, 9.17) is 4.98 Å². The van der Waals surface area contributed by atoms with Crippen LogP contribution in [0.3, 0.4) is 0 Å². The van der Waals surface area contributed by atoms with Crippen molar-refractivity contribution in [1.29, 1.82) is 0 Å². The molecular weight excluding hydrogens is 422 g/mol. The first-order chi connectivity index (χ1) is 14.9. The van der Waals surface area contributed by atoms with Crippen LogP contribution in [0.25, 0.3) is 10.2 Å². The summed E-state index contributed by atoms with van der Waals surface area (Å²) in [6.07, 6.45) is 0.505. The third-order valence-electron chi connectivity index (χ3n) is 5.60. The van der Waals surface area contributed by atoms with Gasteiger partial charge in [0.1, 0.15) is 0 Å². The second kappa shape index (κ2) is 11.1. The fourth-order valence-electron chi connectivity index (χ4n) is 3.50. The van der Waals surface area contributed by atoms with Gasteiger partial charge in [0, 0.05) is 30.2 Å². The van der Waals surface area contributed by atoms with Gasteiger partial charge in [0.25, 0.3) is 0 Å². The quantitative estimate of drug-likeness (QED) is 0.347. The van der Waals surface area contributed by atoms with Crippen molar-refractivity contribution in [3.8, 4) is 0 Å². The highest BCUT2D eigenvalue weighted by molar-refractivity contribution is 7.99. The zero-order valence-corrected chi connectivity index (χ0v) is 20.9.